The van der Waals surface area contributed by atoms with Crippen molar-refractivity contribution in [1.29, 1.82) is 0 Å². The summed E-state index contributed by atoms with van der Waals surface area (Å²) in [5.74, 6) is -0.268. The predicted octanol–water partition coefficient (Wildman–Crippen LogP) is 2.30. The highest BCUT2D eigenvalue weighted by molar-refractivity contribution is 7.89. The number of sulfonamides is 1. The number of benzene rings is 2. The second-order valence-electron chi connectivity index (χ2n) is 6.36. The van der Waals surface area contributed by atoms with Crippen LogP contribution in [0.25, 0.3) is 0 Å². The fourth-order valence-corrected chi connectivity index (χ4v) is 4.87. The van der Waals surface area contributed by atoms with Crippen molar-refractivity contribution in [2.75, 3.05) is 42.9 Å². The molecule has 2 aromatic carbocycles. The predicted molar refractivity (Wildman–Crippen MR) is 96.0 cm³/mol. The third kappa shape index (κ3) is 3.09. The Labute approximate surface area is 147 Å². The van der Waals surface area contributed by atoms with Crippen LogP contribution >= 0.6 is 0 Å². The summed E-state index contributed by atoms with van der Waals surface area (Å²) in [6.45, 7) is 2.88. The number of halogens is 1. The van der Waals surface area contributed by atoms with Crippen LogP contribution in [-0.2, 0) is 16.4 Å². The zero-order valence-electron chi connectivity index (χ0n) is 13.8. The van der Waals surface area contributed by atoms with Crippen LogP contribution in [0, 0.1) is 5.82 Å². The van der Waals surface area contributed by atoms with Crippen molar-refractivity contribution in [3.05, 3.63) is 53.8 Å². The van der Waals surface area contributed by atoms with Gasteiger partial charge < -0.3 is 10.2 Å². The summed E-state index contributed by atoms with van der Waals surface area (Å²) in [6.07, 6.45) is 0.937. The topological polar surface area (TPSA) is 52.7 Å². The molecule has 0 bridgehead atoms. The van der Waals surface area contributed by atoms with Crippen molar-refractivity contribution in [2.45, 2.75) is 11.3 Å². The quantitative estimate of drug-likeness (QED) is 0.912. The Bertz CT molecular complexity index is 876. The van der Waals surface area contributed by atoms with Gasteiger partial charge in [-0.15, -0.1) is 0 Å². The third-order valence-corrected chi connectivity index (χ3v) is 6.75. The molecule has 25 heavy (non-hydrogen) atoms. The minimum Gasteiger partial charge on any atom is -0.384 e. The lowest BCUT2D eigenvalue weighted by Gasteiger charge is -2.35. The van der Waals surface area contributed by atoms with E-state index in [4.69, 9.17) is 0 Å². The van der Waals surface area contributed by atoms with E-state index < -0.39 is 10.0 Å². The molecule has 0 aromatic heterocycles. The molecular weight excluding hydrogens is 341 g/mol. The Hall–Kier alpha value is -2.12. The highest BCUT2D eigenvalue weighted by atomic mass is 32.2. The van der Waals surface area contributed by atoms with Gasteiger partial charge in [0.25, 0.3) is 0 Å². The summed E-state index contributed by atoms with van der Waals surface area (Å²) >= 11 is 0. The molecule has 7 heteroatoms. The van der Waals surface area contributed by atoms with Crippen LogP contribution in [-0.4, -0.2) is 45.4 Å². The fourth-order valence-electron chi connectivity index (χ4n) is 3.42. The molecule has 5 nitrogen and oxygen atoms in total. The highest BCUT2D eigenvalue weighted by Gasteiger charge is 2.29. The summed E-state index contributed by atoms with van der Waals surface area (Å²) < 4.78 is 40.4. The van der Waals surface area contributed by atoms with E-state index in [0.717, 1.165) is 24.3 Å². The van der Waals surface area contributed by atoms with Crippen molar-refractivity contribution in [3.8, 4) is 0 Å². The molecule has 2 aliphatic heterocycles. The molecule has 2 heterocycles. The molecule has 2 aliphatic rings. The molecule has 1 fully saturated rings. The van der Waals surface area contributed by atoms with Gasteiger partial charge >= 0.3 is 0 Å². The first-order chi connectivity index (χ1) is 12.0. The van der Waals surface area contributed by atoms with Crippen LogP contribution < -0.4 is 10.2 Å². The molecule has 0 aliphatic carbocycles. The zero-order chi connectivity index (χ0) is 17.4. The number of hydrogen-bond acceptors (Lipinski definition) is 4. The Kier molecular flexibility index (Phi) is 4.13. The first kappa shape index (κ1) is 16.4. The Morgan fingerprint density at radius 1 is 0.960 bits per heavy atom. The monoisotopic (exact) mass is 361 g/mol. The Morgan fingerprint density at radius 3 is 2.40 bits per heavy atom. The lowest BCUT2D eigenvalue weighted by molar-refractivity contribution is 0.385. The number of fused-ring (bicyclic) bond motifs is 1. The van der Waals surface area contributed by atoms with Crippen LogP contribution in [0.5, 0.6) is 0 Å². The molecule has 0 atom stereocenters. The van der Waals surface area contributed by atoms with E-state index in [0.29, 0.717) is 31.1 Å². The van der Waals surface area contributed by atoms with Gasteiger partial charge in [0, 0.05) is 44.1 Å². The van der Waals surface area contributed by atoms with Crippen LogP contribution in [0.15, 0.2) is 47.4 Å². The standard InChI is InChI=1S/C18H20FN3O2S/c19-15-2-4-16(5-3-15)21-9-11-22(12-10-21)25(23,24)17-6-1-14-7-8-20-18(14)13-17/h1-6,13,20H,7-12H2. The van der Waals surface area contributed by atoms with E-state index in [1.165, 1.54) is 22.0 Å². The van der Waals surface area contributed by atoms with Crippen molar-refractivity contribution >= 4 is 21.4 Å². The molecule has 0 saturated carbocycles. The lowest BCUT2D eigenvalue weighted by atomic mass is 10.2. The van der Waals surface area contributed by atoms with Gasteiger partial charge in [-0.1, -0.05) is 6.07 Å². The summed E-state index contributed by atoms with van der Waals surface area (Å²) in [7, 11) is -3.49. The molecule has 0 amide bonds. The second-order valence-corrected chi connectivity index (χ2v) is 8.30. The molecule has 0 unspecified atom stereocenters. The van der Waals surface area contributed by atoms with E-state index in [2.05, 4.69) is 10.2 Å². The Morgan fingerprint density at radius 2 is 1.68 bits per heavy atom. The van der Waals surface area contributed by atoms with Crippen LogP contribution in [0.4, 0.5) is 15.8 Å². The van der Waals surface area contributed by atoms with E-state index in [1.54, 1.807) is 24.3 Å². The van der Waals surface area contributed by atoms with Crippen molar-refractivity contribution in [2.24, 2.45) is 0 Å². The van der Waals surface area contributed by atoms with Crippen molar-refractivity contribution in [1.82, 2.24) is 4.31 Å². The molecule has 4 rings (SSSR count). The smallest absolute Gasteiger partial charge is 0.243 e. The molecule has 0 radical (unpaired) electrons. The van der Waals surface area contributed by atoms with Crippen LogP contribution in [0.1, 0.15) is 5.56 Å². The van der Waals surface area contributed by atoms with Gasteiger partial charge in [0.2, 0.25) is 10.0 Å². The molecule has 2 aromatic rings. The molecule has 132 valence electrons. The number of rotatable bonds is 3. The third-order valence-electron chi connectivity index (χ3n) is 4.86. The largest absolute Gasteiger partial charge is 0.384 e. The van der Waals surface area contributed by atoms with Gasteiger partial charge in [0.15, 0.2) is 0 Å². The van der Waals surface area contributed by atoms with Gasteiger partial charge in [-0.2, -0.15) is 4.31 Å². The van der Waals surface area contributed by atoms with Gasteiger partial charge in [-0.3, -0.25) is 0 Å². The molecule has 0 spiro atoms. The number of nitrogens with one attached hydrogen (secondary N) is 1. The number of nitrogens with zero attached hydrogens (tertiary/aromatic N) is 2. The van der Waals surface area contributed by atoms with Crippen molar-refractivity contribution < 1.29 is 12.8 Å². The highest BCUT2D eigenvalue weighted by Crippen LogP contribution is 2.28. The lowest BCUT2D eigenvalue weighted by Crippen LogP contribution is -2.48. The van der Waals surface area contributed by atoms with Gasteiger partial charge in [0.05, 0.1) is 4.90 Å². The minimum absolute atomic E-state index is 0.268. The normalized spacial score (nSPS) is 18.0. The van der Waals surface area contributed by atoms with Crippen LogP contribution in [0.3, 0.4) is 0 Å². The van der Waals surface area contributed by atoms with E-state index >= 15 is 0 Å². The summed E-state index contributed by atoms with van der Waals surface area (Å²) in [4.78, 5) is 2.42. The first-order valence-electron chi connectivity index (χ1n) is 8.41. The average Bonchev–Trinajstić information content (AvgIpc) is 3.10. The van der Waals surface area contributed by atoms with E-state index in [-0.39, 0.29) is 5.82 Å². The molecule has 1 saturated heterocycles. The summed E-state index contributed by atoms with van der Waals surface area (Å²) in [5.41, 5.74) is 3.01. The maximum Gasteiger partial charge on any atom is 0.243 e. The van der Waals surface area contributed by atoms with Gasteiger partial charge in [-0.05, 0) is 48.4 Å². The average molecular weight is 361 g/mol. The number of piperazine rings is 1. The fraction of sp³-hybridized carbons (Fsp3) is 0.333. The molecule has 1 N–H and O–H groups in total. The number of anilines is 2. The maximum absolute atomic E-state index is 13.0. The van der Waals surface area contributed by atoms with Crippen LogP contribution in [0.2, 0.25) is 0 Å². The molecular formula is C18H20FN3O2S. The van der Waals surface area contributed by atoms with E-state index in [1.807, 2.05) is 6.07 Å². The SMILES string of the molecule is O=S(=O)(c1ccc2c(c1)NCC2)N1CCN(c2ccc(F)cc2)CC1. The number of hydrogen-bond donors (Lipinski definition) is 1. The summed E-state index contributed by atoms with van der Waals surface area (Å²) in [6, 6.07) is 11.7. The van der Waals surface area contributed by atoms with Gasteiger partial charge in [-0.25, -0.2) is 12.8 Å². The Balaban J connectivity index is 1.48. The van der Waals surface area contributed by atoms with Gasteiger partial charge in [0.1, 0.15) is 5.82 Å². The van der Waals surface area contributed by atoms with E-state index in [9.17, 15) is 12.8 Å². The minimum atomic E-state index is -3.49. The first-order valence-corrected chi connectivity index (χ1v) is 9.85. The van der Waals surface area contributed by atoms with Crippen molar-refractivity contribution in [3.63, 3.8) is 0 Å². The zero-order valence-corrected chi connectivity index (χ0v) is 14.6. The summed E-state index contributed by atoms with van der Waals surface area (Å²) in [5, 5.41) is 3.23. The maximum atomic E-state index is 13.0. The second kappa shape index (κ2) is 6.31.